The summed E-state index contributed by atoms with van der Waals surface area (Å²) in [5.41, 5.74) is 1.56. The molecule has 3 aromatic rings. The zero-order valence-electron chi connectivity index (χ0n) is 13.4. The SMILES string of the molecule is O=C(Nc1cccc2cn[nH]c12)N1CCN(c2ncccc2Cl)CC1. The van der Waals surface area contributed by atoms with Crippen LogP contribution in [0.25, 0.3) is 10.9 Å². The number of rotatable bonds is 2. The Morgan fingerprint density at radius 3 is 2.80 bits per heavy atom. The number of H-pyrrole nitrogens is 1. The highest BCUT2D eigenvalue weighted by Crippen LogP contribution is 2.24. The summed E-state index contributed by atoms with van der Waals surface area (Å²) in [7, 11) is 0. The maximum absolute atomic E-state index is 12.6. The third-order valence-electron chi connectivity index (χ3n) is 4.32. The Balaban J connectivity index is 1.42. The van der Waals surface area contributed by atoms with Crippen LogP contribution >= 0.6 is 11.6 Å². The van der Waals surface area contributed by atoms with Crippen molar-refractivity contribution < 1.29 is 4.79 Å². The molecule has 0 bridgehead atoms. The van der Waals surface area contributed by atoms with Gasteiger partial charge in [0.05, 0.1) is 22.4 Å². The van der Waals surface area contributed by atoms with Gasteiger partial charge in [-0.2, -0.15) is 5.10 Å². The molecule has 1 aliphatic rings. The molecule has 2 amide bonds. The third-order valence-corrected chi connectivity index (χ3v) is 4.62. The Bertz CT molecular complexity index is 903. The topological polar surface area (TPSA) is 77.2 Å². The van der Waals surface area contributed by atoms with E-state index in [4.69, 9.17) is 11.6 Å². The molecular formula is C17H17ClN6O. The van der Waals surface area contributed by atoms with Gasteiger partial charge in [-0.1, -0.05) is 23.7 Å². The minimum atomic E-state index is -0.117. The number of nitrogens with one attached hydrogen (secondary N) is 2. The predicted molar refractivity (Wildman–Crippen MR) is 98.1 cm³/mol. The molecular weight excluding hydrogens is 340 g/mol. The first-order valence-corrected chi connectivity index (χ1v) is 8.43. The maximum Gasteiger partial charge on any atom is 0.322 e. The van der Waals surface area contributed by atoms with Crippen molar-refractivity contribution in [2.45, 2.75) is 0 Å². The van der Waals surface area contributed by atoms with Crippen molar-refractivity contribution in [3.8, 4) is 0 Å². The van der Waals surface area contributed by atoms with Crippen LogP contribution in [0.2, 0.25) is 5.02 Å². The van der Waals surface area contributed by atoms with Crippen molar-refractivity contribution in [3.05, 3.63) is 47.7 Å². The first-order chi connectivity index (χ1) is 12.2. The van der Waals surface area contributed by atoms with Crippen molar-refractivity contribution in [1.29, 1.82) is 0 Å². The number of fused-ring (bicyclic) bond motifs is 1. The predicted octanol–water partition coefficient (Wildman–Crippen LogP) is 2.97. The second-order valence-corrected chi connectivity index (χ2v) is 6.26. The van der Waals surface area contributed by atoms with Crippen LogP contribution in [0.3, 0.4) is 0 Å². The number of carbonyl (C=O) groups excluding carboxylic acids is 1. The highest BCUT2D eigenvalue weighted by atomic mass is 35.5. The van der Waals surface area contributed by atoms with Crippen LogP contribution in [0.1, 0.15) is 0 Å². The molecule has 4 rings (SSSR count). The Kier molecular flexibility index (Phi) is 4.15. The normalized spacial score (nSPS) is 14.8. The van der Waals surface area contributed by atoms with Gasteiger partial charge >= 0.3 is 6.03 Å². The molecule has 1 fully saturated rings. The van der Waals surface area contributed by atoms with Gasteiger partial charge < -0.3 is 15.1 Å². The molecule has 1 aromatic carbocycles. The molecule has 7 nitrogen and oxygen atoms in total. The first kappa shape index (κ1) is 15.7. The van der Waals surface area contributed by atoms with Crippen molar-refractivity contribution in [1.82, 2.24) is 20.1 Å². The van der Waals surface area contributed by atoms with E-state index in [1.807, 2.05) is 30.3 Å². The molecule has 25 heavy (non-hydrogen) atoms. The number of urea groups is 1. The Morgan fingerprint density at radius 2 is 2.00 bits per heavy atom. The van der Waals surface area contributed by atoms with Gasteiger partial charge in [-0.3, -0.25) is 5.10 Å². The zero-order chi connectivity index (χ0) is 17.2. The second kappa shape index (κ2) is 6.60. The van der Waals surface area contributed by atoms with E-state index in [1.54, 1.807) is 17.3 Å². The molecule has 0 saturated carbocycles. The number of hydrogen-bond donors (Lipinski definition) is 2. The highest BCUT2D eigenvalue weighted by Gasteiger charge is 2.23. The summed E-state index contributed by atoms with van der Waals surface area (Å²) in [6.45, 7) is 2.60. The average Bonchev–Trinajstić information content (AvgIpc) is 3.12. The number of hydrogen-bond acceptors (Lipinski definition) is 4. The van der Waals surface area contributed by atoms with Crippen LogP contribution in [0.15, 0.2) is 42.7 Å². The Morgan fingerprint density at radius 1 is 1.16 bits per heavy atom. The van der Waals surface area contributed by atoms with Crippen molar-refractivity contribution in [2.24, 2.45) is 0 Å². The standard InChI is InChI=1S/C17H17ClN6O/c18-13-4-2-6-19-16(13)23-7-9-24(10-8-23)17(25)21-14-5-1-3-12-11-20-22-15(12)14/h1-6,11H,7-10H2,(H,20,22)(H,21,25). The fourth-order valence-corrected chi connectivity index (χ4v) is 3.24. The molecule has 1 aliphatic heterocycles. The summed E-state index contributed by atoms with van der Waals surface area (Å²) in [6.07, 6.45) is 3.46. The number of anilines is 2. The average molecular weight is 357 g/mol. The lowest BCUT2D eigenvalue weighted by Crippen LogP contribution is -2.50. The molecule has 0 atom stereocenters. The van der Waals surface area contributed by atoms with E-state index in [0.717, 1.165) is 22.4 Å². The Hall–Kier alpha value is -2.80. The van der Waals surface area contributed by atoms with Gasteiger partial charge in [0.1, 0.15) is 5.82 Å². The van der Waals surface area contributed by atoms with Crippen molar-refractivity contribution in [3.63, 3.8) is 0 Å². The minimum Gasteiger partial charge on any atom is -0.352 e. The van der Waals surface area contributed by atoms with Gasteiger partial charge in [-0.25, -0.2) is 9.78 Å². The summed E-state index contributed by atoms with van der Waals surface area (Å²) in [5.74, 6) is 0.770. The van der Waals surface area contributed by atoms with E-state index in [-0.39, 0.29) is 6.03 Å². The highest BCUT2D eigenvalue weighted by molar-refractivity contribution is 6.32. The second-order valence-electron chi connectivity index (χ2n) is 5.85. The molecule has 128 valence electrons. The number of pyridine rings is 1. The first-order valence-electron chi connectivity index (χ1n) is 8.06. The number of nitrogens with zero attached hydrogens (tertiary/aromatic N) is 4. The number of benzene rings is 1. The number of aromatic amines is 1. The molecule has 2 aromatic heterocycles. The van der Waals surface area contributed by atoms with Crippen molar-refractivity contribution >= 4 is 40.0 Å². The lowest BCUT2D eigenvalue weighted by molar-refractivity contribution is 0.208. The van der Waals surface area contributed by atoms with Gasteiger partial charge in [0, 0.05) is 37.8 Å². The zero-order valence-corrected chi connectivity index (χ0v) is 14.2. The van der Waals surface area contributed by atoms with E-state index in [0.29, 0.717) is 31.2 Å². The minimum absolute atomic E-state index is 0.117. The van der Waals surface area contributed by atoms with Crippen molar-refractivity contribution in [2.75, 3.05) is 36.4 Å². The van der Waals surface area contributed by atoms with Gasteiger partial charge in [-0.05, 0) is 18.2 Å². The van der Waals surface area contributed by atoms with E-state index in [1.165, 1.54) is 0 Å². The molecule has 3 heterocycles. The lowest BCUT2D eigenvalue weighted by atomic mass is 10.2. The summed E-state index contributed by atoms with van der Waals surface area (Å²) in [6, 6.07) is 9.23. The molecule has 8 heteroatoms. The van der Waals surface area contributed by atoms with Crippen LogP contribution < -0.4 is 10.2 Å². The summed E-state index contributed by atoms with van der Waals surface area (Å²) >= 11 is 6.20. The van der Waals surface area contributed by atoms with Crippen LogP contribution in [0.4, 0.5) is 16.3 Å². The summed E-state index contributed by atoms with van der Waals surface area (Å²) in [5, 5.41) is 11.5. The van der Waals surface area contributed by atoms with Crippen LogP contribution in [-0.2, 0) is 0 Å². The largest absolute Gasteiger partial charge is 0.352 e. The third kappa shape index (κ3) is 3.10. The fraction of sp³-hybridized carbons (Fsp3) is 0.235. The Labute approximate surface area is 149 Å². The summed E-state index contributed by atoms with van der Waals surface area (Å²) < 4.78 is 0. The fourth-order valence-electron chi connectivity index (χ4n) is 3.00. The molecule has 2 N–H and O–H groups in total. The summed E-state index contributed by atoms with van der Waals surface area (Å²) in [4.78, 5) is 20.8. The molecule has 0 spiro atoms. The van der Waals surface area contributed by atoms with E-state index in [9.17, 15) is 4.79 Å². The monoisotopic (exact) mass is 356 g/mol. The number of amides is 2. The lowest BCUT2D eigenvalue weighted by Gasteiger charge is -2.35. The smallest absolute Gasteiger partial charge is 0.322 e. The van der Waals surface area contributed by atoms with E-state index >= 15 is 0 Å². The van der Waals surface area contributed by atoms with Crippen LogP contribution in [0.5, 0.6) is 0 Å². The van der Waals surface area contributed by atoms with Crippen LogP contribution in [0, 0.1) is 0 Å². The molecule has 0 aliphatic carbocycles. The van der Waals surface area contributed by atoms with Gasteiger partial charge in [0.25, 0.3) is 0 Å². The molecule has 1 saturated heterocycles. The number of carbonyl (C=O) groups is 1. The quantitative estimate of drug-likeness (QED) is 0.740. The van der Waals surface area contributed by atoms with Gasteiger partial charge in [0.2, 0.25) is 0 Å². The number of aromatic nitrogens is 3. The number of para-hydroxylation sites is 1. The number of piperazine rings is 1. The number of halogens is 1. The van der Waals surface area contributed by atoms with Gasteiger partial charge in [0.15, 0.2) is 0 Å². The van der Waals surface area contributed by atoms with E-state index < -0.39 is 0 Å². The molecule has 0 unspecified atom stereocenters. The molecule has 0 radical (unpaired) electrons. The van der Waals surface area contributed by atoms with Gasteiger partial charge in [-0.15, -0.1) is 0 Å². The maximum atomic E-state index is 12.6. The van der Waals surface area contributed by atoms with Crippen LogP contribution in [-0.4, -0.2) is 52.3 Å². The van der Waals surface area contributed by atoms with E-state index in [2.05, 4.69) is 25.4 Å².